The molecule has 5 nitrogen and oxygen atoms in total. The molecule has 1 aliphatic rings. The Kier molecular flexibility index (Phi) is 3.99. The van der Waals surface area contributed by atoms with Gasteiger partial charge < -0.3 is 5.73 Å². The van der Waals surface area contributed by atoms with Crippen LogP contribution in [0.3, 0.4) is 0 Å². The van der Waals surface area contributed by atoms with Gasteiger partial charge in [0.15, 0.2) is 0 Å². The highest BCUT2D eigenvalue weighted by atomic mass is 16.2. The highest BCUT2D eigenvalue weighted by Gasteiger charge is 2.30. The molecular formula is C11H14N2O3. The number of carbonyl (C=O) groups is 3. The molecule has 5 heteroatoms. The van der Waals surface area contributed by atoms with E-state index in [4.69, 9.17) is 5.73 Å². The summed E-state index contributed by atoms with van der Waals surface area (Å²) in [6.45, 7) is 1.57. The number of hydrogen-bond donors (Lipinski definition) is 1. The van der Waals surface area contributed by atoms with Crippen molar-refractivity contribution in [1.29, 1.82) is 0 Å². The first kappa shape index (κ1) is 12.2. The molecule has 0 saturated heterocycles. The minimum Gasteiger partial charge on any atom is -0.351 e. The third-order valence-corrected chi connectivity index (χ3v) is 2.29. The Balaban J connectivity index is 2.83. The smallest absolute Gasteiger partial charge is 0.328 e. The number of hydrogen-bond acceptors (Lipinski definition) is 3. The Morgan fingerprint density at radius 2 is 2.06 bits per heavy atom. The Labute approximate surface area is 93.6 Å². The predicted molar refractivity (Wildman–Crippen MR) is 58.1 cm³/mol. The molecule has 0 bridgehead atoms. The van der Waals surface area contributed by atoms with Crippen molar-refractivity contribution in [3.05, 3.63) is 24.3 Å². The van der Waals surface area contributed by atoms with E-state index < -0.39 is 23.8 Å². The van der Waals surface area contributed by atoms with Gasteiger partial charge in [-0.05, 0) is 6.42 Å². The lowest BCUT2D eigenvalue weighted by molar-refractivity contribution is -0.142. The molecule has 2 N–H and O–H groups in total. The minimum absolute atomic E-state index is 0.0704. The van der Waals surface area contributed by atoms with Crippen LogP contribution in [-0.2, 0) is 9.59 Å². The number of rotatable bonds is 2. The van der Waals surface area contributed by atoms with Crippen LogP contribution in [0, 0.1) is 5.92 Å². The lowest BCUT2D eigenvalue weighted by Gasteiger charge is -2.20. The molecule has 0 aliphatic heterocycles. The van der Waals surface area contributed by atoms with Crippen LogP contribution in [0.25, 0.3) is 0 Å². The molecule has 1 unspecified atom stereocenters. The Morgan fingerprint density at radius 1 is 1.38 bits per heavy atom. The fourth-order valence-electron chi connectivity index (χ4n) is 1.44. The Hall–Kier alpha value is -1.91. The van der Waals surface area contributed by atoms with E-state index in [2.05, 4.69) is 0 Å². The maximum Gasteiger partial charge on any atom is 0.328 e. The van der Waals surface area contributed by atoms with E-state index in [1.54, 1.807) is 31.2 Å². The van der Waals surface area contributed by atoms with Crippen LogP contribution in [0.15, 0.2) is 24.3 Å². The molecular weight excluding hydrogens is 208 g/mol. The fourth-order valence-corrected chi connectivity index (χ4v) is 1.44. The largest absolute Gasteiger partial charge is 0.351 e. The SMILES string of the molecule is CCC(=O)N(C(N)=O)C(=O)C1C=CC=CC1. The van der Waals surface area contributed by atoms with Crippen LogP contribution in [0.2, 0.25) is 0 Å². The lowest BCUT2D eigenvalue weighted by atomic mass is 9.99. The summed E-state index contributed by atoms with van der Waals surface area (Å²) < 4.78 is 0. The van der Waals surface area contributed by atoms with Gasteiger partial charge in [0.2, 0.25) is 11.8 Å². The van der Waals surface area contributed by atoms with Gasteiger partial charge in [0.1, 0.15) is 0 Å². The number of urea groups is 1. The average molecular weight is 222 g/mol. The van der Waals surface area contributed by atoms with Gasteiger partial charge in [0, 0.05) is 6.42 Å². The highest BCUT2D eigenvalue weighted by Crippen LogP contribution is 2.15. The summed E-state index contributed by atoms with van der Waals surface area (Å²) in [5.74, 6) is -1.60. The van der Waals surface area contributed by atoms with Crippen molar-refractivity contribution in [2.24, 2.45) is 11.7 Å². The van der Waals surface area contributed by atoms with Crippen molar-refractivity contribution in [1.82, 2.24) is 4.90 Å². The zero-order valence-electron chi connectivity index (χ0n) is 9.05. The zero-order chi connectivity index (χ0) is 12.1. The van der Waals surface area contributed by atoms with Crippen LogP contribution < -0.4 is 5.73 Å². The maximum absolute atomic E-state index is 11.9. The minimum atomic E-state index is -1.01. The third kappa shape index (κ3) is 2.56. The van der Waals surface area contributed by atoms with Crippen molar-refractivity contribution in [2.75, 3.05) is 0 Å². The van der Waals surface area contributed by atoms with Crippen molar-refractivity contribution in [3.63, 3.8) is 0 Å². The van der Waals surface area contributed by atoms with E-state index >= 15 is 0 Å². The topological polar surface area (TPSA) is 80.5 Å². The predicted octanol–water partition coefficient (Wildman–Crippen LogP) is 0.963. The van der Waals surface area contributed by atoms with E-state index in [9.17, 15) is 14.4 Å². The molecule has 0 saturated carbocycles. The van der Waals surface area contributed by atoms with Crippen LogP contribution in [0.1, 0.15) is 19.8 Å². The summed E-state index contributed by atoms with van der Waals surface area (Å²) in [6, 6.07) is -1.01. The molecule has 1 atom stereocenters. The molecule has 86 valence electrons. The molecule has 1 aliphatic carbocycles. The van der Waals surface area contributed by atoms with Gasteiger partial charge in [-0.1, -0.05) is 31.2 Å². The van der Waals surface area contributed by atoms with Gasteiger partial charge >= 0.3 is 6.03 Å². The number of carbonyl (C=O) groups excluding carboxylic acids is 3. The molecule has 0 spiro atoms. The number of imide groups is 3. The first-order chi connectivity index (χ1) is 7.57. The third-order valence-electron chi connectivity index (χ3n) is 2.29. The van der Waals surface area contributed by atoms with Gasteiger partial charge in [0.25, 0.3) is 0 Å². The molecule has 16 heavy (non-hydrogen) atoms. The van der Waals surface area contributed by atoms with Crippen LogP contribution >= 0.6 is 0 Å². The van der Waals surface area contributed by atoms with Gasteiger partial charge in [-0.15, -0.1) is 0 Å². The molecule has 0 aromatic rings. The molecule has 0 aromatic carbocycles. The molecule has 0 radical (unpaired) electrons. The number of nitrogens with two attached hydrogens (primary N) is 1. The Morgan fingerprint density at radius 3 is 2.50 bits per heavy atom. The normalized spacial score (nSPS) is 18.2. The Bertz CT molecular complexity index is 371. The van der Waals surface area contributed by atoms with E-state index in [0.29, 0.717) is 11.3 Å². The van der Waals surface area contributed by atoms with Crippen LogP contribution in [0.4, 0.5) is 4.79 Å². The summed E-state index contributed by atoms with van der Waals surface area (Å²) in [6.07, 6.45) is 7.53. The monoisotopic (exact) mass is 222 g/mol. The van der Waals surface area contributed by atoms with Crippen molar-refractivity contribution >= 4 is 17.8 Å². The van der Waals surface area contributed by atoms with Crippen molar-refractivity contribution in [3.8, 4) is 0 Å². The second kappa shape index (κ2) is 5.25. The second-order valence-electron chi connectivity index (χ2n) is 3.41. The molecule has 1 rings (SSSR count). The quantitative estimate of drug-likeness (QED) is 0.755. The van der Waals surface area contributed by atoms with Crippen molar-refractivity contribution in [2.45, 2.75) is 19.8 Å². The number of primary amides is 1. The number of allylic oxidation sites excluding steroid dienone is 3. The summed E-state index contributed by atoms with van der Waals surface area (Å²) >= 11 is 0. The van der Waals surface area contributed by atoms with Gasteiger partial charge in [-0.25, -0.2) is 4.79 Å². The van der Waals surface area contributed by atoms with Gasteiger partial charge in [-0.2, -0.15) is 4.90 Å². The summed E-state index contributed by atoms with van der Waals surface area (Å²) in [5.41, 5.74) is 5.02. The zero-order valence-corrected chi connectivity index (χ0v) is 9.05. The summed E-state index contributed by atoms with van der Waals surface area (Å²) in [7, 11) is 0. The first-order valence-electron chi connectivity index (χ1n) is 5.07. The highest BCUT2D eigenvalue weighted by molar-refractivity contribution is 6.10. The van der Waals surface area contributed by atoms with Gasteiger partial charge in [0.05, 0.1) is 5.92 Å². The average Bonchev–Trinajstić information content (AvgIpc) is 2.29. The van der Waals surface area contributed by atoms with Crippen LogP contribution in [0.5, 0.6) is 0 Å². The van der Waals surface area contributed by atoms with Gasteiger partial charge in [-0.3, -0.25) is 9.59 Å². The van der Waals surface area contributed by atoms with E-state index in [0.717, 1.165) is 0 Å². The molecule has 0 heterocycles. The lowest BCUT2D eigenvalue weighted by Crippen LogP contribution is -2.47. The maximum atomic E-state index is 11.9. The number of nitrogens with zero attached hydrogens (tertiary/aromatic N) is 1. The molecule has 4 amide bonds. The fraction of sp³-hybridized carbons (Fsp3) is 0.364. The van der Waals surface area contributed by atoms with Crippen LogP contribution in [-0.4, -0.2) is 22.7 Å². The molecule has 0 aromatic heterocycles. The molecule has 0 fully saturated rings. The second-order valence-corrected chi connectivity index (χ2v) is 3.41. The van der Waals surface area contributed by atoms with E-state index in [1.807, 2.05) is 0 Å². The first-order valence-corrected chi connectivity index (χ1v) is 5.07. The standard InChI is InChI=1S/C11H14N2O3/c1-2-9(14)13(11(12)16)10(15)8-6-4-3-5-7-8/h3-6,8H,2,7H2,1H3,(H2,12,16). The van der Waals surface area contributed by atoms with E-state index in [-0.39, 0.29) is 6.42 Å². The summed E-state index contributed by atoms with van der Waals surface area (Å²) in [5, 5.41) is 0. The number of amides is 4. The van der Waals surface area contributed by atoms with Crippen molar-refractivity contribution < 1.29 is 14.4 Å². The van der Waals surface area contributed by atoms with E-state index in [1.165, 1.54) is 0 Å². The summed E-state index contributed by atoms with van der Waals surface area (Å²) in [4.78, 5) is 34.8.